The standard InChI is InChI=1S/C15H14N2O4/c1-21-13-8-11(6-7-12(13)15(19)20)17-14(18)9-2-4-10(16)5-3-9/h2-8H,16H2,1H3,(H,17,18)(H,19,20). The van der Waals surface area contributed by atoms with Crippen molar-refractivity contribution < 1.29 is 19.4 Å². The summed E-state index contributed by atoms with van der Waals surface area (Å²) in [5, 5.41) is 11.7. The number of carbonyl (C=O) groups is 2. The van der Waals surface area contributed by atoms with Crippen LogP contribution in [0, 0.1) is 0 Å². The number of rotatable bonds is 4. The predicted octanol–water partition coefficient (Wildman–Crippen LogP) is 2.23. The normalized spacial score (nSPS) is 9.95. The number of hydrogen-bond acceptors (Lipinski definition) is 4. The van der Waals surface area contributed by atoms with Gasteiger partial charge < -0.3 is 20.9 Å². The van der Waals surface area contributed by atoms with Gasteiger partial charge in [-0.15, -0.1) is 0 Å². The number of ether oxygens (including phenoxy) is 1. The first-order chi connectivity index (χ1) is 10.0. The van der Waals surface area contributed by atoms with Crippen molar-refractivity contribution >= 4 is 23.3 Å². The van der Waals surface area contributed by atoms with Crippen molar-refractivity contribution in [3.8, 4) is 5.75 Å². The Hall–Kier alpha value is -3.02. The summed E-state index contributed by atoms with van der Waals surface area (Å²) in [7, 11) is 1.37. The van der Waals surface area contributed by atoms with Crippen LogP contribution in [-0.4, -0.2) is 24.1 Å². The van der Waals surface area contributed by atoms with E-state index in [1.54, 1.807) is 24.3 Å². The second-order valence-corrected chi connectivity index (χ2v) is 4.30. The molecule has 0 unspecified atom stereocenters. The number of nitrogens with one attached hydrogen (secondary N) is 1. The van der Waals surface area contributed by atoms with E-state index in [1.807, 2.05) is 0 Å². The first kappa shape index (κ1) is 14.4. The van der Waals surface area contributed by atoms with Crippen molar-refractivity contribution in [3.63, 3.8) is 0 Å². The Labute approximate surface area is 121 Å². The molecule has 0 aliphatic heterocycles. The summed E-state index contributed by atoms with van der Waals surface area (Å²) in [6, 6.07) is 10.8. The number of carboxylic acids is 1. The average molecular weight is 286 g/mol. The summed E-state index contributed by atoms with van der Waals surface area (Å²) in [4.78, 5) is 23.0. The summed E-state index contributed by atoms with van der Waals surface area (Å²) < 4.78 is 5.00. The number of methoxy groups -OCH3 is 1. The molecule has 4 N–H and O–H groups in total. The molecule has 0 fully saturated rings. The van der Waals surface area contributed by atoms with E-state index in [0.29, 0.717) is 16.9 Å². The molecule has 0 spiro atoms. The lowest BCUT2D eigenvalue weighted by Gasteiger charge is -2.09. The van der Waals surface area contributed by atoms with Gasteiger partial charge in [0.2, 0.25) is 0 Å². The Bertz CT molecular complexity index is 681. The van der Waals surface area contributed by atoms with E-state index in [4.69, 9.17) is 15.6 Å². The fourth-order valence-electron chi connectivity index (χ4n) is 1.78. The molecule has 2 aromatic rings. The Morgan fingerprint density at radius 2 is 1.81 bits per heavy atom. The lowest BCUT2D eigenvalue weighted by atomic mass is 10.1. The molecule has 0 bridgehead atoms. The quantitative estimate of drug-likeness (QED) is 0.748. The molecule has 2 aromatic carbocycles. The Kier molecular flexibility index (Phi) is 4.08. The number of carbonyl (C=O) groups excluding carboxylic acids is 1. The van der Waals surface area contributed by atoms with Gasteiger partial charge in [0.1, 0.15) is 11.3 Å². The molecule has 0 aliphatic carbocycles. The lowest BCUT2D eigenvalue weighted by Crippen LogP contribution is -2.12. The van der Waals surface area contributed by atoms with Gasteiger partial charge in [-0.1, -0.05) is 0 Å². The molecule has 0 saturated heterocycles. The van der Waals surface area contributed by atoms with Crippen molar-refractivity contribution in [1.82, 2.24) is 0 Å². The second kappa shape index (κ2) is 5.96. The largest absolute Gasteiger partial charge is 0.496 e. The van der Waals surface area contributed by atoms with E-state index in [0.717, 1.165) is 0 Å². The summed E-state index contributed by atoms with van der Waals surface area (Å²) in [6.45, 7) is 0. The Morgan fingerprint density at radius 1 is 1.14 bits per heavy atom. The summed E-state index contributed by atoms with van der Waals surface area (Å²) >= 11 is 0. The molecule has 0 saturated carbocycles. The smallest absolute Gasteiger partial charge is 0.339 e. The van der Waals surface area contributed by atoms with Crippen LogP contribution in [-0.2, 0) is 0 Å². The fraction of sp³-hybridized carbons (Fsp3) is 0.0667. The molecule has 0 aromatic heterocycles. The number of anilines is 2. The van der Waals surface area contributed by atoms with Crippen LogP contribution in [0.4, 0.5) is 11.4 Å². The van der Waals surface area contributed by atoms with Gasteiger partial charge in [0.05, 0.1) is 7.11 Å². The van der Waals surface area contributed by atoms with Crippen LogP contribution in [0.25, 0.3) is 0 Å². The number of nitrogen functional groups attached to an aromatic ring is 1. The van der Waals surface area contributed by atoms with Crippen LogP contribution in [0.2, 0.25) is 0 Å². The molecule has 21 heavy (non-hydrogen) atoms. The number of aromatic carboxylic acids is 1. The van der Waals surface area contributed by atoms with E-state index in [2.05, 4.69) is 5.32 Å². The molecule has 6 heteroatoms. The zero-order valence-corrected chi connectivity index (χ0v) is 11.3. The molecular weight excluding hydrogens is 272 g/mol. The van der Waals surface area contributed by atoms with E-state index in [9.17, 15) is 9.59 Å². The molecule has 1 amide bonds. The molecule has 0 radical (unpaired) electrons. The minimum Gasteiger partial charge on any atom is -0.496 e. The molecule has 0 aliphatic rings. The van der Waals surface area contributed by atoms with Gasteiger partial charge in [-0.05, 0) is 36.4 Å². The van der Waals surface area contributed by atoms with Crippen LogP contribution in [0.1, 0.15) is 20.7 Å². The Morgan fingerprint density at radius 3 is 2.38 bits per heavy atom. The van der Waals surface area contributed by atoms with E-state index in [-0.39, 0.29) is 17.2 Å². The molecule has 0 atom stereocenters. The SMILES string of the molecule is COc1cc(NC(=O)c2ccc(N)cc2)ccc1C(=O)O. The van der Waals surface area contributed by atoms with Crippen LogP contribution >= 0.6 is 0 Å². The monoisotopic (exact) mass is 286 g/mol. The van der Waals surface area contributed by atoms with Gasteiger partial charge in [0, 0.05) is 23.0 Å². The van der Waals surface area contributed by atoms with Crippen molar-refractivity contribution in [2.24, 2.45) is 0 Å². The molecule has 6 nitrogen and oxygen atoms in total. The molecule has 0 heterocycles. The predicted molar refractivity (Wildman–Crippen MR) is 78.8 cm³/mol. The molecule has 2 rings (SSSR count). The van der Waals surface area contributed by atoms with Gasteiger partial charge in [-0.2, -0.15) is 0 Å². The topological polar surface area (TPSA) is 102 Å². The van der Waals surface area contributed by atoms with Gasteiger partial charge in [-0.3, -0.25) is 4.79 Å². The second-order valence-electron chi connectivity index (χ2n) is 4.30. The van der Waals surface area contributed by atoms with E-state index >= 15 is 0 Å². The van der Waals surface area contributed by atoms with Crippen LogP contribution in [0.5, 0.6) is 5.75 Å². The third-order valence-electron chi connectivity index (χ3n) is 2.86. The summed E-state index contributed by atoms with van der Waals surface area (Å²) in [5.74, 6) is -1.24. The highest BCUT2D eigenvalue weighted by atomic mass is 16.5. The van der Waals surface area contributed by atoms with Gasteiger partial charge in [0.15, 0.2) is 0 Å². The maximum Gasteiger partial charge on any atom is 0.339 e. The molecule has 108 valence electrons. The minimum absolute atomic E-state index is 0.0305. The van der Waals surface area contributed by atoms with E-state index < -0.39 is 5.97 Å². The lowest BCUT2D eigenvalue weighted by molar-refractivity contribution is 0.0693. The van der Waals surface area contributed by atoms with Crippen LogP contribution in [0.15, 0.2) is 42.5 Å². The highest BCUT2D eigenvalue weighted by molar-refractivity contribution is 6.04. The van der Waals surface area contributed by atoms with Gasteiger partial charge in [0.25, 0.3) is 5.91 Å². The van der Waals surface area contributed by atoms with Crippen molar-refractivity contribution in [2.75, 3.05) is 18.2 Å². The number of hydrogen-bond donors (Lipinski definition) is 3. The first-order valence-corrected chi connectivity index (χ1v) is 6.09. The number of nitrogens with two attached hydrogens (primary N) is 1. The number of amides is 1. The highest BCUT2D eigenvalue weighted by Crippen LogP contribution is 2.23. The van der Waals surface area contributed by atoms with Crippen LogP contribution < -0.4 is 15.8 Å². The highest BCUT2D eigenvalue weighted by Gasteiger charge is 2.13. The third-order valence-corrected chi connectivity index (χ3v) is 2.86. The van der Waals surface area contributed by atoms with Crippen molar-refractivity contribution in [3.05, 3.63) is 53.6 Å². The summed E-state index contributed by atoms with van der Waals surface area (Å²) in [5.41, 5.74) is 7.05. The fourth-order valence-corrected chi connectivity index (χ4v) is 1.78. The zero-order chi connectivity index (χ0) is 15.4. The number of benzene rings is 2. The third kappa shape index (κ3) is 3.30. The van der Waals surface area contributed by atoms with Crippen molar-refractivity contribution in [1.29, 1.82) is 0 Å². The van der Waals surface area contributed by atoms with Crippen molar-refractivity contribution in [2.45, 2.75) is 0 Å². The van der Waals surface area contributed by atoms with Gasteiger partial charge >= 0.3 is 5.97 Å². The maximum atomic E-state index is 12.0. The first-order valence-electron chi connectivity index (χ1n) is 6.09. The molecular formula is C15H14N2O4. The summed E-state index contributed by atoms with van der Waals surface area (Å²) in [6.07, 6.45) is 0. The van der Waals surface area contributed by atoms with Gasteiger partial charge in [-0.25, -0.2) is 4.79 Å². The minimum atomic E-state index is -1.09. The Balaban J connectivity index is 2.21. The van der Waals surface area contributed by atoms with E-state index in [1.165, 1.54) is 25.3 Å². The maximum absolute atomic E-state index is 12.0. The van der Waals surface area contributed by atoms with Crippen LogP contribution in [0.3, 0.4) is 0 Å². The average Bonchev–Trinajstić information content (AvgIpc) is 2.47. The number of carboxylic acid groups (broad SMARTS) is 1. The zero-order valence-electron chi connectivity index (χ0n) is 11.3.